The molecule has 0 spiro atoms. The molecular formula is C24H24ClFO4. The largest absolute Gasteiger partial charge is 0.504 e. The molecule has 3 aromatic rings. The van der Waals surface area contributed by atoms with Crippen molar-refractivity contribution in [3.05, 3.63) is 95.8 Å². The van der Waals surface area contributed by atoms with Crippen molar-refractivity contribution in [2.24, 2.45) is 0 Å². The molecule has 0 bridgehead atoms. The molecular weight excluding hydrogens is 407 g/mol. The summed E-state index contributed by atoms with van der Waals surface area (Å²) in [5.41, 5.74) is 2.02. The van der Waals surface area contributed by atoms with Crippen LogP contribution in [0, 0.1) is 5.82 Å². The number of halogens is 2. The van der Waals surface area contributed by atoms with Gasteiger partial charge in [0.05, 0.1) is 31.8 Å². The Hall–Kier alpha value is -2.60. The van der Waals surface area contributed by atoms with Crippen molar-refractivity contribution >= 4 is 11.6 Å². The molecule has 0 saturated carbocycles. The highest BCUT2D eigenvalue weighted by Crippen LogP contribution is 2.30. The van der Waals surface area contributed by atoms with Crippen LogP contribution in [0.4, 0.5) is 4.39 Å². The number of phenolic OH excluding ortho intramolecular Hbond substituents is 1. The van der Waals surface area contributed by atoms with Gasteiger partial charge in [-0.2, -0.15) is 0 Å². The summed E-state index contributed by atoms with van der Waals surface area (Å²) in [6, 6.07) is 23.3. The Kier molecular flexibility index (Phi) is 8.51. The van der Waals surface area contributed by atoms with E-state index in [9.17, 15) is 9.50 Å². The lowest BCUT2D eigenvalue weighted by Gasteiger charge is -2.24. The third-order valence-electron chi connectivity index (χ3n) is 4.40. The first-order valence-corrected chi connectivity index (χ1v) is 10.1. The molecule has 0 unspecified atom stereocenters. The van der Waals surface area contributed by atoms with Crippen LogP contribution < -0.4 is 4.74 Å². The van der Waals surface area contributed by atoms with Crippen molar-refractivity contribution in [2.45, 2.75) is 24.7 Å². The Morgan fingerprint density at radius 2 is 1.33 bits per heavy atom. The second kappa shape index (κ2) is 11.6. The molecule has 0 aliphatic heterocycles. The Morgan fingerprint density at radius 3 is 1.90 bits per heavy atom. The lowest BCUT2D eigenvalue weighted by molar-refractivity contribution is 0.0171. The molecule has 3 rings (SSSR count). The maximum Gasteiger partial charge on any atom is 0.197 e. The first kappa shape index (κ1) is 22.1. The molecule has 3 aromatic carbocycles. The van der Waals surface area contributed by atoms with Crippen molar-refractivity contribution < 1.29 is 23.7 Å². The van der Waals surface area contributed by atoms with Gasteiger partial charge in [0.25, 0.3) is 0 Å². The van der Waals surface area contributed by atoms with Crippen LogP contribution in [0.25, 0.3) is 0 Å². The zero-order chi connectivity index (χ0) is 21.2. The smallest absolute Gasteiger partial charge is 0.197 e. The summed E-state index contributed by atoms with van der Waals surface area (Å²) < 4.78 is 31.3. The van der Waals surface area contributed by atoms with E-state index in [-0.39, 0.29) is 24.7 Å². The number of alkyl halides is 1. The molecule has 30 heavy (non-hydrogen) atoms. The van der Waals surface area contributed by atoms with Crippen molar-refractivity contribution in [3.8, 4) is 11.5 Å². The van der Waals surface area contributed by atoms with E-state index in [0.29, 0.717) is 13.2 Å². The quantitative estimate of drug-likeness (QED) is 0.418. The van der Waals surface area contributed by atoms with Crippen molar-refractivity contribution in [1.29, 1.82) is 0 Å². The fourth-order valence-electron chi connectivity index (χ4n) is 2.82. The van der Waals surface area contributed by atoms with Crippen LogP contribution >= 0.6 is 11.6 Å². The summed E-state index contributed by atoms with van der Waals surface area (Å²) in [4.78, 5) is 0. The van der Waals surface area contributed by atoms with Gasteiger partial charge in [-0.25, -0.2) is 4.39 Å². The van der Waals surface area contributed by atoms with Crippen LogP contribution in [-0.2, 0) is 22.7 Å². The second-order valence-corrected chi connectivity index (χ2v) is 7.32. The summed E-state index contributed by atoms with van der Waals surface area (Å²) in [6.45, 7) is 1.03. The van der Waals surface area contributed by atoms with Gasteiger partial charge in [0.1, 0.15) is 6.10 Å². The lowest BCUT2D eigenvalue weighted by atomic mass is 10.2. The zero-order valence-corrected chi connectivity index (χ0v) is 17.2. The molecule has 0 fully saturated rings. The van der Waals surface area contributed by atoms with Gasteiger partial charge in [-0.15, -0.1) is 11.6 Å². The van der Waals surface area contributed by atoms with Gasteiger partial charge in [-0.3, -0.25) is 0 Å². The highest BCUT2D eigenvalue weighted by molar-refractivity contribution is 6.21. The first-order chi connectivity index (χ1) is 14.6. The second-order valence-electron chi connectivity index (χ2n) is 6.76. The van der Waals surface area contributed by atoms with E-state index < -0.39 is 17.3 Å². The van der Waals surface area contributed by atoms with E-state index in [0.717, 1.165) is 11.1 Å². The number of hydrogen-bond acceptors (Lipinski definition) is 4. The SMILES string of the molecule is Oc1cccc(F)c1O[C@H](COCc1ccccc1)[C@@H](Cl)COCc1ccccc1. The lowest BCUT2D eigenvalue weighted by Crippen LogP contribution is -2.36. The maximum absolute atomic E-state index is 14.1. The minimum absolute atomic E-state index is 0.103. The Morgan fingerprint density at radius 1 is 0.767 bits per heavy atom. The molecule has 0 aliphatic rings. The summed E-state index contributed by atoms with van der Waals surface area (Å²) in [5, 5.41) is 9.35. The molecule has 0 saturated heterocycles. The molecule has 0 radical (unpaired) electrons. The van der Waals surface area contributed by atoms with Crippen LogP contribution in [0.2, 0.25) is 0 Å². The molecule has 4 nitrogen and oxygen atoms in total. The standard InChI is InChI=1S/C24H24ClFO4/c25-20(16-28-14-18-8-3-1-4-9-18)23(17-29-15-19-10-5-2-6-11-19)30-24-21(26)12-7-13-22(24)27/h1-13,20,23,27H,14-17H2/t20-,23+/m0/s1. The molecule has 1 N–H and O–H groups in total. The Labute approximate surface area is 180 Å². The average Bonchev–Trinajstić information content (AvgIpc) is 2.76. The van der Waals surface area contributed by atoms with E-state index in [2.05, 4.69) is 0 Å². The van der Waals surface area contributed by atoms with E-state index in [4.69, 9.17) is 25.8 Å². The monoisotopic (exact) mass is 430 g/mol. The van der Waals surface area contributed by atoms with Gasteiger partial charge >= 0.3 is 0 Å². The predicted octanol–water partition coefficient (Wildman–Crippen LogP) is 5.32. The highest BCUT2D eigenvalue weighted by Gasteiger charge is 2.25. The van der Waals surface area contributed by atoms with Crippen LogP contribution in [0.1, 0.15) is 11.1 Å². The fourth-order valence-corrected chi connectivity index (χ4v) is 3.03. The van der Waals surface area contributed by atoms with Gasteiger partial charge in [-0.05, 0) is 23.3 Å². The topological polar surface area (TPSA) is 47.9 Å². The number of rotatable bonds is 11. The maximum atomic E-state index is 14.1. The normalized spacial score (nSPS) is 13.0. The Balaban J connectivity index is 1.61. The molecule has 0 aliphatic carbocycles. The minimum atomic E-state index is -0.728. The summed E-state index contributed by atoms with van der Waals surface area (Å²) in [5.74, 6) is -1.21. The predicted molar refractivity (Wildman–Crippen MR) is 114 cm³/mol. The van der Waals surface area contributed by atoms with Gasteiger partial charge in [0.2, 0.25) is 0 Å². The zero-order valence-electron chi connectivity index (χ0n) is 16.4. The Bertz CT molecular complexity index is 872. The van der Waals surface area contributed by atoms with Crippen LogP contribution in [0.15, 0.2) is 78.9 Å². The van der Waals surface area contributed by atoms with Crippen molar-refractivity contribution in [3.63, 3.8) is 0 Å². The van der Waals surface area contributed by atoms with Gasteiger partial charge in [0, 0.05) is 0 Å². The molecule has 0 amide bonds. The third kappa shape index (κ3) is 6.73. The summed E-state index contributed by atoms with van der Waals surface area (Å²) >= 11 is 6.52. The van der Waals surface area contributed by atoms with Crippen LogP contribution in [-0.4, -0.2) is 29.8 Å². The van der Waals surface area contributed by atoms with Gasteiger partial charge < -0.3 is 19.3 Å². The van der Waals surface area contributed by atoms with Crippen LogP contribution in [0.3, 0.4) is 0 Å². The molecule has 6 heteroatoms. The summed E-state index contributed by atoms with van der Waals surface area (Å²) in [7, 11) is 0. The number of para-hydroxylation sites is 1. The van der Waals surface area contributed by atoms with Crippen LogP contribution in [0.5, 0.6) is 11.5 Å². The molecule has 0 heterocycles. The van der Waals surface area contributed by atoms with E-state index >= 15 is 0 Å². The number of ether oxygens (including phenoxy) is 3. The summed E-state index contributed by atoms with van der Waals surface area (Å²) in [6.07, 6.45) is -0.728. The highest BCUT2D eigenvalue weighted by atomic mass is 35.5. The van der Waals surface area contributed by atoms with Crippen molar-refractivity contribution in [2.75, 3.05) is 13.2 Å². The number of phenols is 1. The number of hydrogen-bond donors (Lipinski definition) is 1. The van der Waals surface area contributed by atoms with E-state index in [1.807, 2.05) is 60.7 Å². The number of aromatic hydroxyl groups is 1. The third-order valence-corrected chi connectivity index (χ3v) is 4.81. The molecule has 2 atom stereocenters. The minimum Gasteiger partial charge on any atom is -0.504 e. The molecule has 158 valence electrons. The first-order valence-electron chi connectivity index (χ1n) is 9.65. The van der Waals surface area contributed by atoms with E-state index in [1.54, 1.807) is 0 Å². The number of benzene rings is 3. The van der Waals surface area contributed by atoms with Gasteiger partial charge in [-0.1, -0.05) is 66.7 Å². The average molecular weight is 431 g/mol. The van der Waals surface area contributed by atoms with Crippen molar-refractivity contribution in [1.82, 2.24) is 0 Å². The van der Waals surface area contributed by atoms with Gasteiger partial charge in [0.15, 0.2) is 17.3 Å². The fraction of sp³-hybridized carbons (Fsp3) is 0.250. The molecule has 0 aromatic heterocycles. The van der Waals surface area contributed by atoms with E-state index in [1.165, 1.54) is 18.2 Å².